The molecule has 0 aliphatic rings. The highest BCUT2D eigenvalue weighted by Crippen LogP contribution is 2.28. The molecule has 0 amide bonds. The largest absolute Gasteiger partial charge is 0.462 e. The summed E-state index contributed by atoms with van der Waals surface area (Å²) in [5.74, 6) is -0.506. The van der Waals surface area contributed by atoms with E-state index in [-0.39, 0.29) is 11.1 Å². The van der Waals surface area contributed by atoms with Gasteiger partial charge in [0.15, 0.2) is 5.65 Å². The Morgan fingerprint density at radius 3 is 2.68 bits per heavy atom. The Hall–Kier alpha value is -3.01. The first-order valence-electron chi connectivity index (χ1n) is 10.2. The van der Waals surface area contributed by atoms with Gasteiger partial charge in [0, 0.05) is 3.57 Å². The first kappa shape index (κ1) is 19.9. The lowest BCUT2D eigenvalue weighted by Gasteiger charge is -2.05. The Bertz CT molecular complexity index is 1540. The van der Waals surface area contributed by atoms with E-state index < -0.39 is 5.97 Å². The van der Waals surface area contributed by atoms with Crippen molar-refractivity contribution in [1.82, 2.24) is 19.4 Å². The van der Waals surface area contributed by atoms with E-state index in [1.54, 1.807) is 4.40 Å². The number of unbranched alkanes of at least 4 members (excludes halogenated alkanes) is 2. The van der Waals surface area contributed by atoms with E-state index in [9.17, 15) is 9.59 Å². The fourth-order valence-electron chi connectivity index (χ4n) is 3.84. The fraction of sp³-hybridized carbons (Fsp3) is 0.217. The van der Waals surface area contributed by atoms with Crippen molar-refractivity contribution in [3.8, 4) is 0 Å². The minimum atomic E-state index is -0.506. The second-order valence-corrected chi connectivity index (χ2v) is 8.65. The monoisotopic (exact) mass is 526 g/mol. The second-order valence-electron chi connectivity index (χ2n) is 7.40. The van der Waals surface area contributed by atoms with Crippen LogP contribution in [-0.2, 0) is 4.74 Å². The summed E-state index contributed by atoms with van der Waals surface area (Å²) in [5.41, 5.74) is 3.30. The van der Waals surface area contributed by atoms with Crippen LogP contribution < -0.4 is 5.56 Å². The van der Waals surface area contributed by atoms with Gasteiger partial charge in [-0.05, 0) is 59.3 Å². The van der Waals surface area contributed by atoms with Crippen molar-refractivity contribution in [2.45, 2.75) is 26.2 Å². The molecule has 3 heterocycles. The number of hydrogen-bond acceptors (Lipinski definition) is 5. The molecule has 156 valence electrons. The maximum Gasteiger partial charge on any atom is 0.344 e. The van der Waals surface area contributed by atoms with Gasteiger partial charge >= 0.3 is 5.97 Å². The lowest BCUT2D eigenvalue weighted by atomic mass is 10.2. The van der Waals surface area contributed by atoms with E-state index >= 15 is 0 Å². The van der Waals surface area contributed by atoms with Gasteiger partial charge in [-0.25, -0.2) is 14.8 Å². The number of carbonyl (C=O) groups is 1. The summed E-state index contributed by atoms with van der Waals surface area (Å²) < 4.78 is 8.28. The molecule has 0 radical (unpaired) electrons. The molecule has 0 unspecified atom stereocenters. The summed E-state index contributed by atoms with van der Waals surface area (Å²) in [6, 6.07) is 13.1. The molecule has 0 atom stereocenters. The van der Waals surface area contributed by atoms with E-state index in [0.29, 0.717) is 45.4 Å². The summed E-state index contributed by atoms with van der Waals surface area (Å²) in [6.45, 7) is 2.41. The molecule has 5 rings (SSSR count). The van der Waals surface area contributed by atoms with Gasteiger partial charge in [0.1, 0.15) is 16.7 Å². The van der Waals surface area contributed by atoms with Crippen LogP contribution in [-0.4, -0.2) is 31.9 Å². The molecule has 2 aromatic carbocycles. The SMILES string of the molecule is CCCCCOC(=O)c1c2nc3ccccc3nc2n2c1[nH]c(=O)c1cc(I)ccc12. The number of halogens is 1. The number of benzene rings is 2. The van der Waals surface area contributed by atoms with Gasteiger partial charge in [-0.15, -0.1) is 0 Å². The Morgan fingerprint density at radius 2 is 1.90 bits per heavy atom. The van der Waals surface area contributed by atoms with Crippen LogP contribution in [0, 0.1) is 3.57 Å². The second kappa shape index (κ2) is 7.92. The third-order valence-corrected chi connectivity index (χ3v) is 5.99. The molecule has 7 nitrogen and oxygen atoms in total. The Kier molecular flexibility index (Phi) is 5.09. The minimum absolute atomic E-state index is 0.238. The number of aromatic amines is 1. The van der Waals surface area contributed by atoms with E-state index in [4.69, 9.17) is 14.7 Å². The lowest BCUT2D eigenvalue weighted by Crippen LogP contribution is -2.13. The zero-order chi connectivity index (χ0) is 21.5. The first-order chi connectivity index (χ1) is 15.1. The third-order valence-electron chi connectivity index (χ3n) is 5.32. The van der Waals surface area contributed by atoms with Crippen molar-refractivity contribution in [1.29, 1.82) is 0 Å². The van der Waals surface area contributed by atoms with Crippen LogP contribution in [0.2, 0.25) is 0 Å². The summed E-state index contributed by atoms with van der Waals surface area (Å²) in [5, 5.41) is 0.522. The van der Waals surface area contributed by atoms with E-state index in [1.807, 2.05) is 42.5 Å². The molecule has 5 aromatic rings. The molecule has 0 aliphatic heterocycles. The Balaban J connectivity index is 1.86. The number of ether oxygens (including phenoxy) is 1. The van der Waals surface area contributed by atoms with Gasteiger partial charge in [-0.1, -0.05) is 31.9 Å². The zero-order valence-corrected chi connectivity index (χ0v) is 19.0. The summed E-state index contributed by atoms with van der Waals surface area (Å²) in [6.07, 6.45) is 2.80. The highest BCUT2D eigenvalue weighted by atomic mass is 127. The molecule has 0 aliphatic carbocycles. The van der Waals surface area contributed by atoms with Gasteiger partial charge in [-0.2, -0.15) is 0 Å². The maximum absolute atomic E-state index is 13.1. The zero-order valence-electron chi connectivity index (χ0n) is 16.8. The average molecular weight is 526 g/mol. The average Bonchev–Trinajstić information content (AvgIpc) is 3.08. The maximum atomic E-state index is 13.1. The van der Waals surface area contributed by atoms with Gasteiger partial charge in [0.2, 0.25) is 0 Å². The standard InChI is InChI=1S/C23H19IN4O3/c1-2-3-6-11-31-23(30)18-19-21(26-16-8-5-4-7-15(16)25-19)28-17-10-9-13(24)12-14(17)22(29)27-20(18)28/h4-5,7-10,12H,2-3,6,11H2,1H3,(H,27,29). The fourth-order valence-corrected chi connectivity index (χ4v) is 4.33. The van der Waals surface area contributed by atoms with Gasteiger partial charge in [0.05, 0.1) is 28.5 Å². The number of rotatable bonds is 5. The molecule has 0 bridgehead atoms. The predicted octanol–water partition coefficient (Wildman–Crippen LogP) is 4.83. The number of carbonyl (C=O) groups excluding carboxylic acids is 1. The highest BCUT2D eigenvalue weighted by molar-refractivity contribution is 14.1. The molecule has 0 saturated carbocycles. The Labute approximate surface area is 190 Å². The Morgan fingerprint density at radius 1 is 1.13 bits per heavy atom. The van der Waals surface area contributed by atoms with E-state index in [0.717, 1.165) is 22.8 Å². The molecule has 3 aromatic heterocycles. The summed E-state index contributed by atoms with van der Waals surface area (Å²) >= 11 is 2.17. The van der Waals surface area contributed by atoms with Crippen molar-refractivity contribution < 1.29 is 9.53 Å². The molecule has 0 spiro atoms. The smallest absolute Gasteiger partial charge is 0.344 e. The molecule has 0 fully saturated rings. The van der Waals surface area contributed by atoms with Crippen LogP contribution in [0.5, 0.6) is 0 Å². The topological polar surface area (TPSA) is 89.3 Å². The number of nitrogens with one attached hydrogen (secondary N) is 1. The van der Waals surface area contributed by atoms with Gasteiger partial charge in [0.25, 0.3) is 5.56 Å². The number of hydrogen-bond donors (Lipinski definition) is 1. The number of H-pyrrole nitrogens is 1. The first-order valence-corrected chi connectivity index (χ1v) is 11.3. The number of fused-ring (bicyclic) bond motifs is 6. The molecule has 0 saturated heterocycles. The van der Waals surface area contributed by atoms with Crippen LogP contribution in [0.4, 0.5) is 0 Å². The molecular weight excluding hydrogens is 507 g/mol. The lowest BCUT2D eigenvalue weighted by molar-refractivity contribution is 0.0502. The van der Waals surface area contributed by atoms with Crippen LogP contribution >= 0.6 is 22.6 Å². The van der Waals surface area contributed by atoms with Crippen LogP contribution in [0.15, 0.2) is 47.3 Å². The van der Waals surface area contributed by atoms with Crippen molar-refractivity contribution in [3.63, 3.8) is 0 Å². The molecule has 1 N–H and O–H groups in total. The number of para-hydroxylation sites is 2. The van der Waals surface area contributed by atoms with E-state index in [2.05, 4.69) is 34.5 Å². The quantitative estimate of drug-likeness (QED) is 0.201. The molecular formula is C23H19IN4O3. The van der Waals surface area contributed by atoms with Gasteiger partial charge in [-0.3, -0.25) is 9.20 Å². The van der Waals surface area contributed by atoms with Crippen molar-refractivity contribution in [2.24, 2.45) is 0 Å². The summed E-state index contributed by atoms with van der Waals surface area (Å²) in [4.78, 5) is 38.4. The van der Waals surface area contributed by atoms with Crippen LogP contribution in [0.1, 0.15) is 36.5 Å². The third kappa shape index (κ3) is 3.34. The number of esters is 1. The minimum Gasteiger partial charge on any atom is -0.462 e. The van der Waals surface area contributed by atoms with Crippen molar-refractivity contribution in [3.05, 3.63) is 62.0 Å². The molecule has 31 heavy (non-hydrogen) atoms. The normalized spacial score (nSPS) is 11.7. The predicted molar refractivity (Wildman–Crippen MR) is 129 cm³/mol. The number of aromatic nitrogens is 4. The van der Waals surface area contributed by atoms with Crippen LogP contribution in [0.25, 0.3) is 38.7 Å². The highest BCUT2D eigenvalue weighted by Gasteiger charge is 2.25. The summed E-state index contributed by atoms with van der Waals surface area (Å²) in [7, 11) is 0. The van der Waals surface area contributed by atoms with Crippen molar-refractivity contribution in [2.75, 3.05) is 6.61 Å². The number of nitrogens with zero attached hydrogens (tertiary/aromatic N) is 3. The molecule has 8 heteroatoms. The van der Waals surface area contributed by atoms with Crippen molar-refractivity contribution >= 4 is 67.3 Å². The van der Waals surface area contributed by atoms with Crippen LogP contribution in [0.3, 0.4) is 0 Å². The van der Waals surface area contributed by atoms with Gasteiger partial charge < -0.3 is 9.72 Å². The van der Waals surface area contributed by atoms with E-state index in [1.165, 1.54) is 0 Å².